The van der Waals surface area contributed by atoms with Crippen molar-refractivity contribution in [1.82, 2.24) is 5.32 Å². The molecule has 1 aromatic rings. The molecule has 0 spiro atoms. The minimum absolute atomic E-state index is 0.430. The molecule has 0 saturated carbocycles. The van der Waals surface area contributed by atoms with Gasteiger partial charge in [0.25, 0.3) is 0 Å². The topological polar surface area (TPSA) is 49.3 Å². The Labute approximate surface area is 95.7 Å². The molecule has 74 valence electrons. The molecular weight excluding hydrogens is 293 g/mol. The third kappa shape index (κ3) is 1.90. The van der Waals surface area contributed by atoms with Gasteiger partial charge >= 0.3 is 5.97 Å². The van der Waals surface area contributed by atoms with Gasteiger partial charge in [-0.3, -0.25) is 4.79 Å². The van der Waals surface area contributed by atoms with Gasteiger partial charge in [0, 0.05) is 10.1 Å². The Morgan fingerprint density at radius 3 is 3.00 bits per heavy atom. The van der Waals surface area contributed by atoms with Crippen LogP contribution in [0.5, 0.6) is 0 Å². The number of carbonyl (C=O) groups is 1. The number of fused-ring (bicyclic) bond motifs is 1. The van der Waals surface area contributed by atoms with Crippen molar-refractivity contribution in [2.45, 2.75) is 19.0 Å². The molecule has 2 N–H and O–H groups in total. The molecule has 0 radical (unpaired) electrons. The van der Waals surface area contributed by atoms with Gasteiger partial charge in [-0.15, -0.1) is 0 Å². The summed E-state index contributed by atoms with van der Waals surface area (Å²) in [6.45, 7) is 0.656. The molecule has 4 heteroatoms. The smallest absolute Gasteiger partial charge is 0.321 e. The van der Waals surface area contributed by atoms with E-state index in [1.165, 1.54) is 5.56 Å². The number of hydrogen-bond donors (Lipinski definition) is 2. The molecule has 0 amide bonds. The molecule has 14 heavy (non-hydrogen) atoms. The number of aliphatic carboxylic acids is 1. The minimum atomic E-state index is -0.769. The van der Waals surface area contributed by atoms with Crippen LogP contribution in [-0.4, -0.2) is 17.1 Å². The fourth-order valence-electron chi connectivity index (χ4n) is 1.66. The van der Waals surface area contributed by atoms with Gasteiger partial charge in [-0.25, -0.2) is 0 Å². The van der Waals surface area contributed by atoms with Crippen LogP contribution in [-0.2, 0) is 17.8 Å². The summed E-state index contributed by atoms with van der Waals surface area (Å²) in [4.78, 5) is 10.8. The van der Waals surface area contributed by atoms with Crippen LogP contribution in [0.15, 0.2) is 18.2 Å². The monoisotopic (exact) mass is 303 g/mol. The second kappa shape index (κ2) is 3.86. The van der Waals surface area contributed by atoms with E-state index in [2.05, 4.69) is 40.0 Å². The van der Waals surface area contributed by atoms with Crippen molar-refractivity contribution < 1.29 is 9.90 Å². The van der Waals surface area contributed by atoms with E-state index in [0.717, 1.165) is 9.13 Å². The largest absolute Gasteiger partial charge is 0.480 e. The third-order valence-corrected chi connectivity index (χ3v) is 3.10. The molecule has 1 heterocycles. The van der Waals surface area contributed by atoms with Crippen molar-refractivity contribution in [3.63, 3.8) is 0 Å². The average molecular weight is 303 g/mol. The molecule has 1 atom stereocenters. The number of halogens is 1. The van der Waals surface area contributed by atoms with E-state index in [4.69, 9.17) is 5.11 Å². The molecular formula is C10H10INO2. The third-order valence-electron chi connectivity index (χ3n) is 2.43. The summed E-state index contributed by atoms with van der Waals surface area (Å²) < 4.78 is 1.16. The predicted molar refractivity (Wildman–Crippen MR) is 61.1 cm³/mol. The first-order valence-corrected chi connectivity index (χ1v) is 5.48. The van der Waals surface area contributed by atoms with Crippen molar-refractivity contribution >= 4 is 28.6 Å². The Kier molecular flexibility index (Phi) is 2.73. The molecule has 0 fully saturated rings. The summed E-state index contributed by atoms with van der Waals surface area (Å²) in [6, 6.07) is 5.73. The van der Waals surface area contributed by atoms with Crippen LogP contribution in [0.3, 0.4) is 0 Å². The van der Waals surface area contributed by atoms with E-state index in [-0.39, 0.29) is 0 Å². The minimum Gasteiger partial charge on any atom is -0.480 e. The van der Waals surface area contributed by atoms with Gasteiger partial charge in [0.2, 0.25) is 0 Å². The van der Waals surface area contributed by atoms with E-state index in [0.29, 0.717) is 13.0 Å². The van der Waals surface area contributed by atoms with Crippen LogP contribution in [0.2, 0.25) is 0 Å². The number of rotatable bonds is 1. The summed E-state index contributed by atoms with van der Waals surface area (Å²) in [5.74, 6) is -0.769. The maximum Gasteiger partial charge on any atom is 0.321 e. The highest BCUT2D eigenvalue weighted by Gasteiger charge is 2.23. The fourth-order valence-corrected chi connectivity index (χ4v) is 2.21. The van der Waals surface area contributed by atoms with E-state index in [9.17, 15) is 4.79 Å². The average Bonchev–Trinajstić information content (AvgIpc) is 2.16. The maximum atomic E-state index is 10.8. The Morgan fingerprint density at radius 1 is 1.50 bits per heavy atom. The summed E-state index contributed by atoms with van der Waals surface area (Å²) in [5, 5.41) is 11.9. The lowest BCUT2D eigenvalue weighted by molar-refractivity contribution is -0.139. The van der Waals surface area contributed by atoms with Crippen LogP contribution in [0, 0.1) is 3.57 Å². The summed E-state index contributed by atoms with van der Waals surface area (Å²) in [6.07, 6.45) is 0.585. The zero-order valence-electron chi connectivity index (χ0n) is 7.46. The lowest BCUT2D eigenvalue weighted by atomic mass is 9.96. The maximum absolute atomic E-state index is 10.8. The van der Waals surface area contributed by atoms with Crippen molar-refractivity contribution in [1.29, 1.82) is 0 Å². The van der Waals surface area contributed by atoms with Gasteiger partial charge in [0.1, 0.15) is 6.04 Å². The molecule has 0 aromatic heterocycles. The van der Waals surface area contributed by atoms with Gasteiger partial charge in [-0.05, 0) is 52.3 Å². The van der Waals surface area contributed by atoms with Gasteiger partial charge < -0.3 is 10.4 Å². The first-order chi connectivity index (χ1) is 6.66. The van der Waals surface area contributed by atoms with Gasteiger partial charge in [-0.1, -0.05) is 6.07 Å². The summed E-state index contributed by atoms with van der Waals surface area (Å²) in [5.41, 5.74) is 2.37. The first kappa shape index (κ1) is 9.92. The SMILES string of the molecule is O=C(O)[C@@H]1Cc2cc(I)ccc2CN1. The lowest BCUT2D eigenvalue weighted by Gasteiger charge is -2.23. The highest BCUT2D eigenvalue weighted by atomic mass is 127. The van der Waals surface area contributed by atoms with Crippen LogP contribution in [0.25, 0.3) is 0 Å². The van der Waals surface area contributed by atoms with E-state index >= 15 is 0 Å². The highest BCUT2D eigenvalue weighted by molar-refractivity contribution is 14.1. The zero-order chi connectivity index (χ0) is 10.1. The molecule has 0 unspecified atom stereocenters. The van der Waals surface area contributed by atoms with Crippen LogP contribution >= 0.6 is 22.6 Å². The zero-order valence-corrected chi connectivity index (χ0v) is 9.61. The van der Waals surface area contributed by atoms with Gasteiger partial charge in [0.15, 0.2) is 0 Å². The number of hydrogen-bond acceptors (Lipinski definition) is 2. The number of nitrogens with one attached hydrogen (secondary N) is 1. The number of carboxylic acid groups (broad SMARTS) is 1. The highest BCUT2D eigenvalue weighted by Crippen LogP contribution is 2.19. The van der Waals surface area contributed by atoms with Crippen molar-refractivity contribution in [2.24, 2.45) is 0 Å². The molecule has 1 aromatic carbocycles. The van der Waals surface area contributed by atoms with Crippen LogP contribution in [0.1, 0.15) is 11.1 Å². The van der Waals surface area contributed by atoms with Crippen LogP contribution < -0.4 is 5.32 Å². The van der Waals surface area contributed by atoms with Crippen LogP contribution in [0.4, 0.5) is 0 Å². The van der Waals surface area contributed by atoms with E-state index < -0.39 is 12.0 Å². The van der Waals surface area contributed by atoms with Crippen molar-refractivity contribution in [2.75, 3.05) is 0 Å². The Morgan fingerprint density at radius 2 is 2.29 bits per heavy atom. The normalized spacial score (nSPS) is 20.2. The Hall–Kier alpha value is -0.620. The quantitative estimate of drug-likeness (QED) is 0.771. The first-order valence-electron chi connectivity index (χ1n) is 4.40. The molecule has 1 aliphatic heterocycles. The molecule has 0 aliphatic carbocycles. The summed E-state index contributed by atoms with van der Waals surface area (Å²) >= 11 is 2.24. The summed E-state index contributed by atoms with van der Waals surface area (Å²) in [7, 11) is 0. The lowest BCUT2D eigenvalue weighted by Crippen LogP contribution is -2.41. The van der Waals surface area contributed by atoms with Crippen molar-refractivity contribution in [3.8, 4) is 0 Å². The molecule has 0 saturated heterocycles. The number of carboxylic acids is 1. The molecule has 0 bridgehead atoms. The van der Waals surface area contributed by atoms with Gasteiger partial charge in [-0.2, -0.15) is 0 Å². The second-order valence-electron chi connectivity index (χ2n) is 3.39. The van der Waals surface area contributed by atoms with Crippen molar-refractivity contribution in [3.05, 3.63) is 32.9 Å². The number of benzene rings is 1. The molecule has 2 rings (SSSR count). The standard InChI is InChI=1S/C10H10INO2/c11-8-2-1-6-5-12-9(10(13)14)4-7(6)3-8/h1-3,9,12H,4-5H2,(H,13,14)/t9-/m0/s1. The predicted octanol–water partition coefficient (Wildman–Crippen LogP) is 1.39. The second-order valence-corrected chi connectivity index (χ2v) is 4.63. The Balaban J connectivity index is 2.29. The van der Waals surface area contributed by atoms with Gasteiger partial charge in [0.05, 0.1) is 0 Å². The Bertz CT molecular complexity index is 378. The fraction of sp³-hybridized carbons (Fsp3) is 0.300. The molecule has 3 nitrogen and oxygen atoms in total. The van der Waals surface area contributed by atoms with E-state index in [1.54, 1.807) is 0 Å². The molecule has 1 aliphatic rings. The van der Waals surface area contributed by atoms with E-state index in [1.807, 2.05) is 6.07 Å².